The Kier molecular flexibility index (Phi) is 6.66. The van der Waals surface area contributed by atoms with Crippen LogP contribution in [0.15, 0.2) is 46.8 Å². The van der Waals surface area contributed by atoms with E-state index in [1.165, 1.54) is 19.9 Å². The minimum Gasteiger partial charge on any atom is -0.362 e. The number of hydrogen-bond donors (Lipinski definition) is 1. The van der Waals surface area contributed by atoms with Gasteiger partial charge in [0, 0.05) is 34.2 Å². The van der Waals surface area contributed by atoms with Gasteiger partial charge in [-0.15, -0.1) is 0 Å². The number of carbonyl (C=O) groups excluding carboxylic acids is 2. The third-order valence-electron chi connectivity index (χ3n) is 4.73. The van der Waals surface area contributed by atoms with E-state index >= 15 is 0 Å². The van der Waals surface area contributed by atoms with Crippen LogP contribution in [0.3, 0.4) is 0 Å². The Balaban J connectivity index is 2.85. The van der Waals surface area contributed by atoms with E-state index in [4.69, 9.17) is 0 Å². The van der Waals surface area contributed by atoms with Crippen molar-refractivity contribution in [3.8, 4) is 0 Å². The van der Waals surface area contributed by atoms with Crippen LogP contribution >= 0.6 is 0 Å². The van der Waals surface area contributed by atoms with E-state index in [1.54, 1.807) is 18.2 Å². The molecule has 0 atom stereocenters. The molecule has 1 aromatic carbocycles. The molecule has 0 fully saturated rings. The third kappa shape index (κ3) is 4.15. The van der Waals surface area contributed by atoms with Gasteiger partial charge in [-0.05, 0) is 26.7 Å². The first-order valence-electron chi connectivity index (χ1n) is 9.31. The molecule has 0 spiro atoms. The number of allylic oxidation sites excluding steroid dienone is 4. The van der Waals surface area contributed by atoms with Gasteiger partial charge >= 0.3 is 0 Å². The summed E-state index contributed by atoms with van der Waals surface area (Å²) in [5.74, 6) is -1.07. The number of para-hydroxylation sites is 1. The number of hydrogen-bond acceptors (Lipinski definition) is 5. The average Bonchev–Trinajstić information content (AvgIpc) is 2.61. The SMILES string of the molecule is CCCC1=C(C(C)=O)C(c2ccccc2[N+](=O)[O-])C(C(C)=O)=C(CCC)N1. The first-order chi connectivity index (χ1) is 12.8. The van der Waals surface area contributed by atoms with Crippen LogP contribution in [0.25, 0.3) is 0 Å². The van der Waals surface area contributed by atoms with Crippen molar-refractivity contribution in [2.24, 2.45) is 0 Å². The Labute approximate surface area is 159 Å². The average molecular weight is 370 g/mol. The summed E-state index contributed by atoms with van der Waals surface area (Å²) in [7, 11) is 0. The summed E-state index contributed by atoms with van der Waals surface area (Å²) in [6, 6.07) is 6.37. The number of rotatable bonds is 8. The van der Waals surface area contributed by atoms with Gasteiger partial charge in [0.25, 0.3) is 5.69 Å². The number of ketones is 2. The Morgan fingerprint density at radius 3 is 1.89 bits per heavy atom. The fraction of sp³-hybridized carbons (Fsp3) is 0.429. The highest BCUT2D eigenvalue weighted by Crippen LogP contribution is 2.43. The first-order valence-corrected chi connectivity index (χ1v) is 9.31. The summed E-state index contributed by atoms with van der Waals surface area (Å²) in [6.07, 6.45) is 2.92. The summed E-state index contributed by atoms with van der Waals surface area (Å²) >= 11 is 0. The van der Waals surface area contributed by atoms with Crippen molar-refractivity contribution < 1.29 is 14.5 Å². The molecule has 2 rings (SSSR count). The fourth-order valence-electron chi connectivity index (χ4n) is 3.74. The molecule has 0 unspecified atom stereocenters. The Morgan fingerprint density at radius 1 is 1.00 bits per heavy atom. The van der Waals surface area contributed by atoms with E-state index in [2.05, 4.69) is 5.32 Å². The molecule has 27 heavy (non-hydrogen) atoms. The smallest absolute Gasteiger partial charge is 0.273 e. The van der Waals surface area contributed by atoms with E-state index in [9.17, 15) is 19.7 Å². The van der Waals surface area contributed by atoms with Crippen LogP contribution < -0.4 is 5.32 Å². The van der Waals surface area contributed by atoms with E-state index < -0.39 is 10.8 Å². The summed E-state index contributed by atoms with van der Waals surface area (Å²) < 4.78 is 0. The molecular weight excluding hydrogens is 344 g/mol. The molecule has 1 heterocycles. The van der Waals surface area contributed by atoms with Crippen molar-refractivity contribution in [1.29, 1.82) is 0 Å². The molecule has 1 aromatic rings. The minimum absolute atomic E-state index is 0.0754. The van der Waals surface area contributed by atoms with Gasteiger partial charge in [-0.1, -0.05) is 44.9 Å². The Bertz CT molecular complexity index is 796. The number of Topliss-reactive ketones (excluding diaryl/α,β-unsaturated/α-hetero) is 2. The first kappa shape index (κ1) is 20.6. The van der Waals surface area contributed by atoms with Crippen LogP contribution in [0.2, 0.25) is 0 Å². The molecule has 6 nitrogen and oxygen atoms in total. The molecule has 144 valence electrons. The molecule has 1 aliphatic rings. The van der Waals surface area contributed by atoms with Gasteiger partial charge in [0.1, 0.15) is 0 Å². The lowest BCUT2D eigenvalue weighted by atomic mass is 9.76. The summed E-state index contributed by atoms with van der Waals surface area (Å²) in [6.45, 7) is 6.93. The number of benzene rings is 1. The molecule has 1 aliphatic heterocycles. The van der Waals surface area contributed by atoms with Crippen LogP contribution in [0.1, 0.15) is 64.9 Å². The topological polar surface area (TPSA) is 89.3 Å². The number of carbonyl (C=O) groups is 2. The molecular formula is C21H26N2O4. The maximum Gasteiger partial charge on any atom is 0.273 e. The van der Waals surface area contributed by atoms with Gasteiger partial charge in [0.05, 0.1) is 10.8 Å². The van der Waals surface area contributed by atoms with Crippen LogP contribution in [0, 0.1) is 10.1 Å². The number of nitro groups is 1. The standard InChI is InChI=1S/C21H26N2O4/c1-5-9-16-19(13(3)24)21(15-11-7-8-12-18(15)23(26)27)20(14(4)25)17(22-16)10-6-2/h7-8,11-12,21-22H,5-6,9-10H2,1-4H3. The molecule has 0 aromatic heterocycles. The molecule has 1 N–H and O–H groups in total. The molecule has 0 bridgehead atoms. The highest BCUT2D eigenvalue weighted by Gasteiger charge is 2.38. The highest BCUT2D eigenvalue weighted by molar-refractivity contribution is 6.04. The molecule has 0 radical (unpaired) electrons. The monoisotopic (exact) mass is 370 g/mol. The van der Waals surface area contributed by atoms with Gasteiger partial charge in [-0.25, -0.2) is 0 Å². The van der Waals surface area contributed by atoms with Crippen molar-refractivity contribution in [2.45, 2.75) is 59.3 Å². The molecule has 0 amide bonds. The van der Waals surface area contributed by atoms with E-state index in [0.29, 0.717) is 29.6 Å². The van der Waals surface area contributed by atoms with Gasteiger partial charge in [0.2, 0.25) is 0 Å². The number of nitro benzene ring substituents is 1. The third-order valence-corrected chi connectivity index (χ3v) is 4.73. The zero-order valence-electron chi connectivity index (χ0n) is 16.3. The van der Waals surface area contributed by atoms with Gasteiger partial charge in [-0.3, -0.25) is 19.7 Å². The highest BCUT2D eigenvalue weighted by atomic mass is 16.6. The van der Waals surface area contributed by atoms with Crippen LogP contribution in [0.5, 0.6) is 0 Å². The fourth-order valence-corrected chi connectivity index (χ4v) is 3.74. The van der Waals surface area contributed by atoms with Crippen molar-refractivity contribution in [1.82, 2.24) is 5.32 Å². The van der Waals surface area contributed by atoms with Crippen molar-refractivity contribution >= 4 is 17.3 Å². The zero-order valence-corrected chi connectivity index (χ0v) is 16.3. The van der Waals surface area contributed by atoms with Crippen LogP contribution in [0.4, 0.5) is 5.69 Å². The number of nitrogens with zero attached hydrogens (tertiary/aromatic N) is 1. The predicted octanol–water partition coefficient (Wildman–Crippen LogP) is 4.57. The minimum atomic E-state index is -0.717. The van der Waals surface area contributed by atoms with E-state index in [-0.39, 0.29) is 17.3 Å². The molecule has 6 heteroatoms. The van der Waals surface area contributed by atoms with Crippen molar-refractivity contribution in [2.75, 3.05) is 0 Å². The van der Waals surface area contributed by atoms with Gasteiger partial charge < -0.3 is 5.32 Å². The normalized spacial score (nSPS) is 15.0. The molecule has 0 saturated carbocycles. The predicted molar refractivity (Wildman–Crippen MR) is 104 cm³/mol. The number of nitrogens with one attached hydrogen (secondary N) is 1. The Hall–Kier alpha value is -2.76. The molecule has 0 saturated heterocycles. The van der Waals surface area contributed by atoms with Crippen LogP contribution in [-0.2, 0) is 9.59 Å². The Morgan fingerprint density at radius 2 is 1.48 bits per heavy atom. The van der Waals surface area contributed by atoms with Crippen molar-refractivity contribution in [3.05, 3.63) is 62.5 Å². The lowest BCUT2D eigenvalue weighted by Gasteiger charge is -2.32. The lowest BCUT2D eigenvalue weighted by Crippen LogP contribution is -2.32. The van der Waals surface area contributed by atoms with E-state index in [1.807, 2.05) is 13.8 Å². The zero-order chi connectivity index (χ0) is 20.1. The summed E-state index contributed by atoms with van der Waals surface area (Å²) in [4.78, 5) is 36.3. The largest absolute Gasteiger partial charge is 0.362 e. The van der Waals surface area contributed by atoms with E-state index in [0.717, 1.165) is 24.2 Å². The quantitative estimate of drug-likeness (QED) is 0.535. The second-order valence-corrected chi connectivity index (χ2v) is 6.77. The summed E-state index contributed by atoms with van der Waals surface area (Å²) in [5, 5.41) is 14.9. The lowest BCUT2D eigenvalue weighted by molar-refractivity contribution is -0.385. The second kappa shape index (κ2) is 8.75. The maximum absolute atomic E-state index is 12.6. The van der Waals surface area contributed by atoms with Gasteiger partial charge in [-0.2, -0.15) is 0 Å². The van der Waals surface area contributed by atoms with Gasteiger partial charge in [0.15, 0.2) is 11.6 Å². The summed E-state index contributed by atoms with van der Waals surface area (Å²) in [5.41, 5.74) is 2.76. The number of dihydropyridines is 1. The molecule has 0 aliphatic carbocycles. The van der Waals surface area contributed by atoms with Crippen LogP contribution in [-0.4, -0.2) is 16.5 Å². The van der Waals surface area contributed by atoms with Crippen molar-refractivity contribution in [3.63, 3.8) is 0 Å². The maximum atomic E-state index is 12.6. The second-order valence-electron chi connectivity index (χ2n) is 6.77.